The molecule has 13 heavy (non-hydrogen) atoms. The van der Waals surface area contributed by atoms with E-state index in [0.717, 1.165) is 19.1 Å². The minimum absolute atomic E-state index is 0.453. The minimum atomic E-state index is 0.453. The van der Waals surface area contributed by atoms with E-state index in [-0.39, 0.29) is 0 Å². The summed E-state index contributed by atoms with van der Waals surface area (Å²) in [5, 5.41) is 3.48. The van der Waals surface area contributed by atoms with Gasteiger partial charge in [-0.3, -0.25) is 0 Å². The van der Waals surface area contributed by atoms with Crippen LogP contribution in [0.25, 0.3) is 0 Å². The number of ether oxygens (including phenoxy) is 1. The van der Waals surface area contributed by atoms with Crippen molar-refractivity contribution in [3.63, 3.8) is 0 Å². The van der Waals surface area contributed by atoms with Crippen LogP contribution in [0.1, 0.15) is 33.1 Å². The summed E-state index contributed by atoms with van der Waals surface area (Å²) in [4.78, 5) is 0. The average Bonchev–Trinajstić information content (AvgIpc) is 2.19. The molecular formula is C11H23NO. The topological polar surface area (TPSA) is 21.3 Å². The maximum atomic E-state index is 5.38. The van der Waals surface area contributed by atoms with Gasteiger partial charge in [0.25, 0.3) is 0 Å². The third-order valence-corrected chi connectivity index (χ3v) is 3.69. The molecule has 0 bridgehead atoms. The van der Waals surface area contributed by atoms with E-state index in [1.54, 1.807) is 0 Å². The van der Waals surface area contributed by atoms with Crippen molar-refractivity contribution in [3.05, 3.63) is 0 Å². The molecule has 2 nitrogen and oxygen atoms in total. The number of rotatable bonds is 4. The highest BCUT2D eigenvalue weighted by atomic mass is 16.5. The summed E-state index contributed by atoms with van der Waals surface area (Å²) in [6.45, 7) is 7.86. The second-order valence-corrected chi connectivity index (χ2v) is 4.21. The summed E-state index contributed by atoms with van der Waals surface area (Å²) < 4.78 is 5.38. The van der Waals surface area contributed by atoms with Crippen LogP contribution in [0.15, 0.2) is 0 Å². The molecule has 0 aromatic rings. The number of hydrogen-bond acceptors (Lipinski definition) is 2. The molecular weight excluding hydrogens is 162 g/mol. The summed E-state index contributed by atoms with van der Waals surface area (Å²) >= 11 is 0. The highest BCUT2D eigenvalue weighted by molar-refractivity contribution is 4.90. The normalized spacial score (nSPS) is 34.8. The molecule has 1 rings (SSSR count). The van der Waals surface area contributed by atoms with Crippen LogP contribution in [-0.4, -0.2) is 26.8 Å². The van der Waals surface area contributed by atoms with Gasteiger partial charge in [0, 0.05) is 7.11 Å². The Morgan fingerprint density at radius 2 is 2.23 bits per heavy atom. The van der Waals surface area contributed by atoms with Crippen molar-refractivity contribution < 1.29 is 4.74 Å². The van der Waals surface area contributed by atoms with Crippen LogP contribution in [0, 0.1) is 11.3 Å². The van der Waals surface area contributed by atoms with Crippen molar-refractivity contribution in [2.24, 2.45) is 11.3 Å². The predicted octanol–water partition coefficient (Wildman–Crippen LogP) is 2.05. The van der Waals surface area contributed by atoms with E-state index in [0.29, 0.717) is 5.41 Å². The lowest BCUT2D eigenvalue weighted by Crippen LogP contribution is -2.47. The quantitative estimate of drug-likeness (QED) is 0.724. The Kier molecular flexibility index (Phi) is 4.20. The van der Waals surface area contributed by atoms with E-state index in [2.05, 4.69) is 19.2 Å². The fraction of sp³-hybridized carbons (Fsp3) is 1.00. The van der Waals surface area contributed by atoms with Crippen LogP contribution >= 0.6 is 0 Å². The van der Waals surface area contributed by atoms with Gasteiger partial charge in [-0.25, -0.2) is 0 Å². The van der Waals surface area contributed by atoms with Crippen molar-refractivity contribution in [3.8, 4) is 0 Å². The average molecular weight is 185 g/mol. The molecule has 1 N–H and O–H groups in total. The zero-order valence-electron chi connectivity index (χ0n) is 9.23. The molecule has 0 spiro atoms. The van der Waals surface area contributed by atoms with Crippen molar-refractivity contribution >= 4 is 0 Å². The standard InChI is InChI=1S/C11H23NO/c1-4-10-8-12-7-6-11(10,5-2)9-13-3/h10,12H,4-9H2,1-3H3. The molecule has 0 amide bonds. The third-order valence-electron chi connectivity index (χ3n) is 3.69. The SMILES string of the molecule is CCC1CNCCC1(CC)COC. The van der Waals surface area contributed by atoms with Gasteiger partial charge in [-0.05, 0) is 37.3 Å². The van der Waals surface area contributed by atoms with E-state index < -0.39 is 0 Å². The van der Waals surface area contributed by atoms with Crippen molar-refractivity contribution in [1.29, 1.82) is 0 Å². The van der Waals surface area contributed by atoms with Crippen LogP contribution in [-0.2, 0) is 4.74 Å². The molecule has 1 saturated heterocycles. The summed E-state index contributed by atoms with van der Waals surface area (Å²) in [5.74, 6) is 0.797. The number of piperidine rings is 1. The molecule has 1 heterocycles. The first kappa shape index (κ1) is 11.0. The van der Waals surface area contributed by atoms with Crippen LogP contribution < -0.4 is 5.32 Å². The molecule has 2 unspecified atom stereocenters. The Labute approximate surface area is 82.0 Å². The Morgan fingerprint density at radius 1 is 1.46 bits per heavy atom. The molecule has 0 radical (unpaired) electrons. The highest BCUT2D eigenvalue weighted by Gasteiger charge is 2.37. The number of hydrogen-bond donors (Lipinski definition) is 1. The second-order valence-electron chi connectivity index (χ2n) is 4.21. The molecule has 1 aliphatic heterocycles. The van der Waals surface area contributed by atoms with E-state index in [4.69, 9.17) is 4.74 Å². The van der Waals surface area contributed by atoms with Gasteiger partial charge in [0.1, 0.15) is 0 Å². The monoisotopic (exact) mass is 185 g/mol. The van der Waals surface area contributed by atoms with Gasteiger partial charge < -0.3 is 10.1 Å². The van der Waals surface area contributed by atoms with Crippen LogP contribution in [0.2, 0.25) is 0 Å². The van der Waals surface area contributed by atoms with Gasteiger partial charge in [-0.2, -0.15) is 0 Å². The molecule has 1 fully saturated rings. The molecule has 0 aromatic heterocycles. The minimum Gasteiger partial charge on any atom is -0.384 e. The maximum Gasteiger partial charge on any atom is 0.0522 e. The van der Waals surface area contributed by atoms with Crippen molar-refractivity contribution in [2.75, 3.05) is 26.8 Å². The van der Waals surface area contributed by atoms with Gasteiger partial charge >= 0.3 is 0 Å². The predicted molar refractivity (Wildman–Crippen MR) is 55.9 cm³/mol. The first-order valence-electron chi connectivity index (χ1n) is 5.48. The van der Waals surface area contributed by atoms with Gasteiger partial charge in [0.2, 0.25) is 0 Å². The molecule has 78 valence electrons. The van der Waals surface area contributed by atoms with E-state index in [1.807, 2.05) is 7.11 Å². The van der Waals surface area contributed by atoms with Crippen molar-refractivity contribution in [2.45, 2.75) is 33.1 Å². The maximum absolute atomic E-state index is 5.38. The van der Waals surface area contributed by atoms with Gasteiger partial charge in [-0.15, -0.1) is 0 Å². The number of nitrogens with one attached hydrogen (secondary N) is 1. The van der Waals surface area contributed by atoms with Gasteiger partial charge in [0.15, 0.2) is 0 Å². The lowest BCUT2D eigenvalue weighted by Gasteiger charge is -2.43. The molecule has 2 atom stereocenters. The Morgan fingerprint density at radius 3 is 2.77 bits per heavy atom. The first-order valence-corrected chi connectivity index (χ1v) is 5.48. The Bertz CT molecular complexity index is 145. The van der Waals surface area contributed by atoms with E-state index in [9.17, 15) is 0 Å². The molecule has 2 heteroatoms. The molecule has 0 aromatic carbocycles. The Balaban J connectivity index is 2.66. The second kappa shape index (κ2) is 4.97. The zero-order valence-corrected chi connectivity index (χ0v) is 9.23. The van der Waals surface area contributed by atoms with Crippen LogP contribution in [0.3, 0.4) is 0 Å². The summed E-state index contributed by atoms with van der Waals surface area (Å²) in [7, 11) is 1.83. The van der Waals surface area contributed by atoms with Gasteiger partial charge in [-0.1, -0.05) is 20.3 Å². The molecule has 0 aliphatic carbocycles. The van der Waals surface area contributed by atoms with E-state index in [1.165, 1.54) is 25.8 Å². The lowest BCUT2D eigenvalue weighted by molar-refractivity contribution is 0.00365. The summed E-state index contributed by atoms with van der Waals surface area (Å²) in [6, 6.07) is 0. The van der Waals surface area contributed by atoms with Crippen molar-refractivity contribution in [1.82, 2.24) is 5.32 Å². The number of methoxy groups -OCH3 is 1. The molecule has 0 saturated carbocycles. The summed E-state index contributed by atoms with van der Waals surface area (Å²) in [5.41, 5.74) is 0.453. The third kappa shape index (κ3) is 2.23. The largest absolute Gasteiger partial charge is 0.384 e. The van der Waals surface area contributed by atoms with Gasteiger partial charge in [0.05, 0.1) is 6.61 Å². The fourth-order valence-corrected chi connectivity index (χ4v) is 2.66. The molecule has 1 aliphatic rings. The smallest absolute Gasteiger partial charge is 0.0522 e. The van der Waals surface area contributed by atoms with E-state index >= 15 is 0 Å². The summed E-state index contributed by atoms with van der Waals surface area (Å²) in [6.07, 6.45) is 3.79. The Hall–Kier alpha value is -0.0800. The lowest BCUT2D eigenvalue weighted by atomic mass is 9.68. The van der Waals surface area contributed by atoms with Crippen LogP contribution in [0.4, 0.5) is 0 Å². The first-order chi connectivity index (χ1) is 6.29. The fourth-order valence-electron chi connectivity index (χ4n) is 2.66. The van der Waals surface area contributed by atoms with Crippen LogP contribution in [0.5, 0.6) is 0 Å². The highest BCUT2D eigenvalue weighted by Crippen LogP contribution is 2.39. The zero-order chi connectivity index (χ0) is 9.73.